The van der Waals surface area contributed by atoms with Crippen LogP contribution in [0, 0.1) is 17.8 Å². The predicted octanol–water partition coefficient (Wildman–Crippen LogP) is 7.20. The van der Waals surface area contributed by atoms with Crippen LogP contribution in [0.3, 0.4) is 0 Å². The lowest BCUT2D eigenvalue weighted by molar-refractivity contribution is -0.122. The number of hydrogen-bond donors (Lipinski definition) is 0. The molecule has 0 saturated heterocycles. The van der Waals surface area contributed by atoms with E-state index >= 15 is 0 Å². The second kappa shape index (κ2) is 11.3. The van der Waals surface area contributed by atoms with Crippen molar-refractivity contribution in [2.45, 2.75) is 51.4 Å². The molecule has 3 aromatic carbocycles. The molecule has 1 nitrogen and oxygen atoms in total. The Hall–Kier alpha value is -3.11. The Kier molecular flexibility index (Phi) is 8.25. The molecule has 31 heavy (non-hydrogen) atoms. The third-order valence-corrected chi connectivity index (χ3v) is 5.78. The first-order chi connectivity index (χ1) is 15.2. The Morgan fingerprint density at radius 1 is 0.774 bits per heavy atom. The van der Waals surface area contributed by atoms with E-state index in [1.54, 1.807) is 0 Å². The molecule has 0 aromatic heterocycles. The van der Waals surface area contributed by atoms with Crippen molar-refractivity contribution in [1.82, 2.24) is 0 Å². The summed E-state index contributed by atoms with van der Waals surface area (Å²) in [5, 5.41) is 0. The highest BCUT2D eigenvalue weighted by Gasteiger charge is 2.43. The fraction of sp³-hybridized carbons (Fsp3) is 0.300. The van der Waals surface area contributed by atoms with Gasteiger partial charge in [0.05, 0.1) is 0 Å². The number of hydrogen-bond acceptors (Lipinski definition) is 1. The summed E-state index contributed by atoms with van der Waals surface area (Å²) in [6, 6.07) is 30.5. The average molecular weight is 409 g/mol. The van der Waals surface area contributed by atoms with Crippen LogP contribution < -0.4 is 0 Å². The van der Waals surface area contributed by atoms with Crippen molar-refractivity contribution in [2.75, 3.05) is 0 Å². The summed E-state index contributed by atoms with van der Waals surface area (Å²) < 4.78 is 0. The lowest BCUT2D eigenvalue weighted by Crippen LogP contribution is -2.39. The molecule has 0 aliphatic rings. The molecule has 158 valence electrons. The number of benzene rings is 3. The first kappa shape index (κ1) is 22.6. The van der Waals surface area contributed by atoms with E-state index in [2.05, 4.69) is 62.1 Å². The van der Waals surface area contributed by atoms with Gasteiger partial charge in [-0.25, -0.2) is 0 Å². The van der Waals surface area contributed by atoms with Crippen LogP contribution in [0.15, 0.2) is 91.0 Å². The van der Waals surface area contributed by atoms with Crippen LogP contribution in [-0.4, -0.2) is 5.78 Å². The molecule has 0 saturated carbocycles. The molecule has 1 atom stereocenters. The lowest BCUT2D eigenvalue weighted by atomic mass is 9.65. The maximum atomic E-state index is 14.1. The van der Waals surface area contributed by atoms with Gasteiger partial charge in [0.1, 0.15) is 5.41 Å². The fourth-order valence-electron chi connectivity index (χ4n) is 4.24. The van der Waals surface area contributed by atoms with Gasteiger partial charge >= 0.3 is 0 Å². The first-order valence-electron chi connectivity index (χ1n) is 11.4. The van der Waals surface area contributed by atoms with Gasteiger partial charge in [0.25, 0.3) is 0 Å². The zero-order valence-corrected chi connectivity index (χ0v) is 18.7. The number of carbonyl (C=O) groups excluding carboxylic acids is 1. The third kappa shape index (κ3) is 5.33. The van der Waals surface area contributed by atoms with Crippen LogP contribution >= 0.6 is 0 Å². The van der Waals surface area contributed by atoms with Crippen molar-refractivity contribution < 1.29 is 4.79 Å². The van der Waals surface area contributed by atoms with Gasteiger partial charge in [0.2, 0.25) is 0 Å². The molecule has 1 unspecified atom stereocenters. The van der Waals surface area contributed by atoms with Crippen LogP contribution in [0.1, 0.15) is 62.6 Å². The average Bonchev–Trinajstić information content (AvgIpc) is 2.81. The summed E-state index contributed by atoms with van der Waals surface area (Å²) in [5.41, 5.74) is 2.16. The van der Waals surface area contributed by atoms with E-state index in [-0.39, 0.29) is 11.7 Å². The zero-order valence-electron chi connectivity index (χ0n) is 18.7. The van der Waals surface area contributed by atoms with Gasteiger partial charge in [-0.15, -0.1) is 5.92 Å². The molecule has 0 heterocycles. The van der Waals surface area contributed by atoms with Crippen molar-refractivity contribution in [3.8, 4) is 11.8 Å². The van der Waals surface area contributed by atoms with E-state index in [0.717, 1.165) is 29.5 Å². The molecule has 0 bridgehead atoms. The minimum atomic E-state index is -0.845. The minimum Gasteiger partial charge on any atom is -0.298 e. The Morgan fingerprint density at radius 2 is 1.23 bits per heavy atom. The molecule has 0 radical (unpaired) electrons. The topological polar surface area (TPSA) is 17.1 Å². The number of unbranched alkanes of at least 4 members (excludes halogenated alkanes) is 3. The minimum absolute atomic E-state index is 0.0182. The van der Waals surface area contributed by atoms with Gasteiger partial charge in [-0.05, 0) is 23.1 Å². The summed E-state index contributed by atoms with van der Waals surface area (Å²) in [6.07, 6.45) is 4.86. The molecule has 0 aliphatic heterocycles. The second-order valence-corrected chi connectivity index (χ2v) is 8.15. The Morgan fingerprint density at radius 3 is 1.65 bits per heavy atom. The van der Waals surface area contributed by atoms with Gasteiger partial charge in [-0.3, -0.25) is 4.79 Å². The molecule has 0 fully saturated rings. The highest BCUT2D eigenvalue weighted by molar-refractivity contribution is 5.98. The number of Topliss-reactive ketones (excluding diaryl/α,β-unsaturated/α-hetero) is 1. The number of rotatable bonds is 9. The van der Waals surface area contributed by atoms with Crippen molar-refractivity contribution in [3.63, 3.8) is 0 Å². The van der Waals surface area contributed by atoms with E-state index in [9.17, 15) is 4.79 Å². The van der Waals surface area contributed by atoms with Crippen LogP contribution in [0.4, 0.5) is 0 Å². The van der Waals surface area contributed by atoms with Crippen LogP contribution in [-0.2, 0) is 10.2 Å². The predicted molar refractivity (Wildman–Crippen MR) is 130 cm³/mol. The Labute approximate surface area is 187 Å². The van der Waals surface area contributed by atoms with Gasteiger partial charge in [-0.1, -0.05) is 124 Å². The molecule has 0 aliphatic carbocycles. The maximum Gasteiger partial charge on any atom is 0.153 e. The fourth-order valence-corrected chi connectivity index (χ4v) is 4.24. The standard InChI is InChI=1S/C30H32O/c1-3-4-5-6-10-17-25(2)24-29(31)30(26-18-11-7-12-19-26,27-20-13-8-14-21-27)28-22-15-9-16-23-28/h7-9,11-16,18-23,25H,3-6,24H2,1-2H3. The van der Waals surface area contributed by atoms with Gasteiger partial charge in [0, 0.05) is 18.8 Å². The Bertz CT molecular complexity index is 897. The molecule has 0 amide bonds. The van der Waals surface area contributed by atoms with E-state index in [1.165, 1.54) is 12.8 Å². The van der Waals surface area contributed by atoms with Crippen LogP contribution in [0.2, 0.25) is 0 Å². The van der Waals surface area contributed by atoms with Gasteiger partial charge < -0.3 is 0 Å². The number of ketones is 1. The van der Waals surface area contributed by atoms with Crippen LogP contribution in [0.25, 0.3) is 0 Å². The normalized spacial score (nSPS) is 11.9. The molecular formula is C30H32O. The third-order valence-electron chi connectivity index (χ3n) is 5.78. The molecule has 3 rings (SSSR count). The quantitative estimate of drug-likeness (QED) is 0.208. The summed E-state index contributed by atoms with van der Waals surface area (Å²) in [5.74, 6) is 6.83. The van der Waals surface area contributed by atoms with E-state index in [0.29, 0.717) is 6.42 Å². The van der Waals surface area contributed by atoms with Crippen molar-refractivity contribution in [2.24, 2.45) is 5.92 Å². The summed E-state index contributed by atoms with van der Waals surface area (Å²) in [7, 11) is 0. The molecule has 3 aromatic rings. The molecular weight excluding hydrogens is 376 g/mol. The number of carbonyl (C=O) groups is 1. The SMILES string of the molecule is CCCCCC#CC(C)CC(=O)C(c1ccccc1)(c1ccccc1)c1ccccc1. The first-order valence-corrected chi connectivity index (χ1v) is 11.4. The zero-order chi connectivity index (χ0) is 21.9. The smallest absolute Gasteiger partial charge is 0.153 e. The molecule has 0 N–H and O–H groups in total. The summed E-state index contributed by atoms with van der Waals surface area (Å²) in [6.45, 7) is 4.27. The maximum absolute atomic E-state index is 14.1. The second-order valence-electron chi connectivity index (χ2n) is 8.15. The van der Waals surface area contributed by atoms with E-state index < -0.39 is 5.41 Å². The Balaban J connectivity index is 2.05. The lowest BCUT2D eigenvalue weighted by Gasteiger charge is -2.35. The van der Waals surface area contributed by atoms with Crippen molar-refractivity contribution in [3.05, 3.63) is 108 Å². The molecule has 0 spiro atoms. The monoisotopic (exact) mass is 408 g/mol. The van der Waals surface area contributed by atoms with E-state index in [1.807, 2.05) is 54.6 Å². The largest absolute Gasteiger partial charge is 0.298 e. The molecule has 1 heteroatoms. The van der Waals surface area contributed by atoms with Crippen molar-refractivity contribution in [1.29, 1.82) is 0 Å². The summed E-state index contributed by atoms with van der Waals surface area (Å²) >= 11 is 0. The van der Waals surface area contributed by atoms with Crippen molar-refractivity contribution >= 4 is 5.78 Å². The highest BCUT2D eigenvalue weighted by Crippen LogP contribution is 2.41. The van der Waals surface area contributed by atoms with Crippen LogP contribution in [0.5, 0.6) is 0 Å². The van der Waals surface area contributed by atoms with Gasteiger partial charge in [0.15, 0.2) is 5.78 Å². The van der Waals surface area contributed by atoms with Gasteiger partial charge in [-0.2, -0.15) is 0 Å². The highest BCUT2D eigenvalue weighted by atomic mass is 16.1. The van der Waals surface area contributed by atoms with E-state index in [4.69, 9.17) is 0 Å². The summed E-state index contributed by atoms with van der Waals surface area (Å²) in [4.78, 5) is 14.1.